The first-order valence-corrected chi connectivity index (χ1v) is 7.64. The summed E-state index contributed by atoms with van der Waals surface area (Å²) in [5.41, 5.74) is 7.03. The van der Waals surface area contributed by atoms with Gasteiger partial charge in [-0.05, 0) is 57.9 Å². The zero-order valence-electron chi connectivity index (χ0n) is 11.9. The van der Waals surface area contributed by atoms with Gasteiger partial charge in [-0.25, -0.2) is 0 Å². The number of rotatable bonds is 9. The van der Waals surface area contributed by atoms with E-state index in [4.69, 9.17) is 5.73 Å². The summed E-state index contributed by atoms with van der Waals surface area (Å²) < 4.78 is 0. The summed E-state index contributed by atoms with van der Waals surface area (Å²) in [5.74, 6) is 0.689. The third-order valence-electron chi connectivity index (χ3n) is 3.96. The molecule has 0 aromatic carbocycles. The van der Waals surface area contributed by atoms with Gasteiger partial charge in [-0.1, -0.05) is 25.0 Å². The van der Waals surface area contributed by atoms with E-state index in [-0.39, 0.29) is 5.92 Å². The number of carbonyl (C=O) groups is 1. The fraction of sp³-hybridized carbons (Fsp3) is 0.812. The smallest absolute Gasteiger partial charge is 0.135 e. The molecule has 0 radical (unpaired) electrons. The molecule has 0 saturated heterocycles. The summed E-state index contributed by atoms with van der Waals surface area (Å²) in [7, 11) is 0. The molecule has 0 aromatic heterocycles. The minimum atomic E-state index is 0.241. The molecule has 0 aliphatic heterocycles. The Labute approximate surface area is 112 Å². The summed E-state index contributed by atoms with van der Waals surface area (Å²) in [5, 5.41) is 0. The Morgan fingerprint density at radius 1 is 1.33 bits per heavy atom. The Morgan fingerprint density at radius 3 is 2.83 bits per heavy atom. The van der Waals surface area contributed by atoms with Gasteiger partial charge in [-0.3, -0.25) is 4.79 Å². The molecule has 2 heteroatoms. The van der Waals surface area contributed by atoms with Crippen molar-refractivity contribution >= 4 is 5.78 Å². The lowest BCUT2D eigenvalue weighted by Gasteiger charge is -2.15. The second kappa shape index (κ2) is 9.32. The third kappa shape index (κ3) is 6.34. The summed E-state index contributed by atoms with van der Waals surface area (Å²) in [6.07, 6.45) is 13.7. The highest BCUT2D eigenvalue weighted by molar-refractivity contribution is 5.80. The van der Waals surface area contributed by atoms with Crippen LogP contribution in [0.25, 0.3) is 0 Å². The van der Waals surface area contributed by atoms with E-state index in [1.54, 1.807) is 5.57 Å². The highest BCUT2D eigenvalue weighted by Gasteiger charge is 2.13. The summed E-state index contributed by atoms with van der Waals surface area (Å²) in [6, 6.07) is 0. The summed E-state index contributed by atoms with van der Waals surface area (Å²) >= 11 is 0. The molecule has 0 saturated carbocycles. The van der Waals surface area contributed by atoms with Gasteiger partial charge in [-0.15, -0.1) is 0 Å². The van der Waals surface area contributed by atoms with Crippen LogP contribution in [0.3, 0.4) is 0 Å². The highest BCUT2D eigenvalue weighted by Crippen LogP contribution is 2.23. The van der Waals surface area contributed by atoms with E-state index in [2.05, 4.69) is 13.0 Å². The van der Waals surface area contributed by atoms with Crippen LogP contribution in [0.15, 0.2) is 11.6 Å². The monoisotopic (exact) mass is 251 g/mol. The molecule has 104 valence electrons. The van der Waals surface area contributed by atoms with Crippen LogP contribution in [0.4, 0.5) is 0 Å². The van der Waals surface area contributed by atoms with Crippen LogP contribution in [0, 0.1) is 5.92 Å². The minimum absolute atomic E-state index is 0.241. The summed E-state index contributed by atoms with van der Waals surface area (Å²) in [4.78, 5) is 11.9. The Morgan fingerprint density at radius 2 is 2.17 bits per heavy atom. The molecule has 1 aliphatic rings. The Kier molecular flexibility index (Phi) is 7.99. The normalized spacial score (nSPS) is 17.3. The number of Topliss-reactive ketones (excluding diaryl/α,β-unsaturated/α-hetero) is 1. The Bertz CT molecular complexity index is 270. The van der Waals surface area contributed by atoms with Gasteiger partial charge < -0.3 is 5.73 Å². The fourth-order valence-corrected chi connectivity index (χ4v) is 2.56. The van der Waals surface area contributed by atoms with Crippen molar-refractivity contribution in [1.29, 1.82) is 0 Å². The molecule has 2 N–H and O–H groups in total. The molecule has 0 heterocycles. The second-order valence-corrected chi connectivity index (χ2v) is 5.61. The maximum absolute atomic E-state index is 11.9. The largest absolute Gasteiger partial charge is 0.330 e. The van der Waals surface area contributed by atoms with Gasteiger partial charge in [0.1, 0.15) is 5.78 Å². The average Bonchev–Trinajstić information content (AvgIpc) is 2.42. The topological polar surface area (TPSA) is 43.1 Å². The van der Waals surface area contributed by atoms with E-state index >= 15 is 0 Å². The van der Waals surface area contributed by atoms with E-state index in [1.165, 1.54) is 25.7 Å². The van der Waals surface area contributed by atoms with Crippen LogP contribution in [-0.2, 0) is 4.79 Å². The van der Waals surface area contributed by atoms with E-state index < -0.39 is 0 Å². The van der Waals surface area contributed by atoms with Gasteiger partial charge in [-0.2, -0.15) is 0 Å². The standard InChI is InChI=1S/C16H29NO/c1-14(16(18)10-6-3-7-13-17)11-12-15-8-4-2-5-9-15/h8,14H,2-7,9-13,17H2,1H3. The van der Waals surface area contributed by atoms with Crippen LogP contribution in [-0.4, -0.2) is 12.3 Å². The first-order chi connectivity index (χ1) is 8.74. The van der Waals surface area contributed by atoms with Crippen LogP contribution >= 0.6 is 0 Å². The van der Waals surface area contributed by atoms with Crippen molar-refractivity contribution in [3.05, 3.63) is 11.6 Å². The third-order valence-corrected chi connectivity index (χ3v) is 3.96. The van der Waals surface area contributed by atoms with Gasteiger partial charge in [0.15, 0.2) is 0 Å². The van der Waals surface area contributed by atoms with Gasteiger partial charge in [0.05, 0.1) is 0 Å². The van der Waals surface area contributed by atoms with Gasteiger partial charge in [0.2, 0.25) is 0 Å². The van der Waals surface area contributed by atoms with Crippen molar-refractivity contribution in [1.82, 2.24) is 0 Å². The number of unbranched alkanes of at least 4 members (excludes halogenated alkanes) is 2. The molecule has 1 rings (SSSR count). The van der Waals surface area contributed by atoms with E-state index in [1.807, 2.05) is 0 Å². The van der Waals surface area contributed by atoms with E-state index in [9.17, 15) is 4.79 Å². The van der Waals surface area contributed by atoms with Crippen molar-refractivity contribution in [3.63, 3.8) is 0 Å². The highest BCUT2D eigenvalue weighted by atomic mass is 16.1. The van der Waals surface area contributed by atoms with Crippen molar-refractivity contribution in [2.24, 2.45) is 11.7 Å². The number of hydrogen-bond acceptors (Lipinski definition) is 2. The Hall–Kier alpha value is -0.630. The minimum Gasteiger partial charge on any atom is -0.330 e. The number of allylic oxidation sites excluding steroid dienone is 2. The van der Waals surface area contributed by atoms with Crippen LogP contribution < -0.4 is 5.73 Å². The zero-order valence-corrected chi connectivity index (χ0v) is 11.9. The first kappa shape index (κ1) is 15.4. The maximum Gasteiger partial charge on any atom is 0.135 e. The van der Waals surface area contributed by atoms with E-state index in [0.717, 1.165) is 45.1 Å². The predicted molar refractivity (Wildman–Crippen MR) is 77.5 cm³/mol. The van der Waals surface area contributed by atoms with Gasteiger partial charge in [0.25, 0.3) is 0 Å². The first-order valence-electron chi connectivity index (χ1n) is 7.64. The molecule has 0 fully saturated rings. The SMILES string of the molecule is CC(CCC1=CCCCC1)C(=O)CCCCCN. The molecule has 0 aromatic rings. The lowest BCUT2D eigenvalue weighted by Crippen LogP contribution is -2.11. The fourth-order valence-electron chi connectivity index (χ4n) is 2.56. The van der Waals surface area contributed by atoms with Gasteiger partial charge in [0, 0.05) is 12.3 Å². The number of ketones is 1. The van der Waals surface area contributed by atoms with Crippen molar-refractivity contribution < 1.29 is 4.79 Å². The number of nitrogens with two attached hydrogens (primary N) is 1. The molecular formula is C16H29NO. The molecular weight excluding hydrogens is 222 g/mol. The maximum atomic E-state index is 11.9. The number of hydrogen-bond donors (Lipinski definition) is 1. The van der Waals surface area contributed by atoms with Crippen LogP contribution in [0.1, 0.15) is 71.1 Å². The average molecular weight is 251 g/mol. The Balaban J connectivity index is 2.12. The molecule has 1 aliphatic carbocycles. The molecule has 0 amide bonds. The quantitative estimate of drug-likeness (QED) is 0.497. The molecule has 0 bridgehead atoms. The van der Waals surface area contributed by atoms with Crippen LogP contribution in [0.2, 0.25) is 0 Å². The second-order valence-electron chi connectivity index (χ2n) is 5.61. The number of carbonyl (C=O) groups excluding carboxylic acids is 1. The summed E-state index contributed by atoms with van der Waals surface area (Å²) in [6.45, 7) is 2.84. The van der Waals surface area contributed by atoms with Crippen LogP contribution in [0.5, 0.6) is 0 Å². The molecule has 0 spiro atoms. The zero-order chi connectivity index (χ0) is 13.2. The predicted octanol–water partition coefficient (Wildman–Crippen LogP) is 3.99. The molecule has 1 atom stereocenters. The van der Waals surface area contributed by atoms with Crippen molar-refractivity contribution in [3.8, 4) is 0 Å². The van der Waals surface area contributed by atoms with Crippen molar-refractivity contribution in [2.45, 2.75) is 71.1 Å². The molecule has 1 unspecified atom stereocenters. The molecule has 2 nitrogen and oxygen atoms in total. The van der Waals surface area contributed by atoms with Crippen molar-refractivity contribution in [2.75, 3.05) is 6.54 Å². The van der Waals surface area contributed by atoms with E-state index in [0.29, 0.717) is 5.78 Å². The van der Waals surface area contributed by atoms with Gasteiger partial charge >= 0.3 is 0 Å². The lowest BCUT2D eigenvalue weighted by molar-refractivity contribution is -0.122. The molecule has 18 heavy (non-hydrogen) atoms. The lowest BCUT2D eigenvalue weighted by atomic mass is 9.90.